The molecule has 0 unspecified atom stereocenters. The molecule has 3 rings (SSSR count). The van der Waals surface area contributed by atoms with E-state index in [1.807, 2.05) is 18.2 Å². The summed E-state index contributed by atoms with van der Waals surface area (Å²) in [6.45, 7) is 0.413. The van der Waals surface area contributed by atoms with Crippen LogP contribution in [0.15, 0.2) is 36.4 Å². The van der Waals surface area contributed by atoms with E-state index < -0.39 is 0 Å². The first kappa shape index (κ1) is 17.2. The first-order valence-electron chi connectivity index (χ1n) is 7.80. The Morgan fingerprint density at radius 2 is 2.04 bits per heavy atom. The van der Waals surface area contributed by atoms with Crippen LogP contribution in [-0.2, 0) is 6.42 Å². The van der Waals surface area contributed by atoms with E-state index in [1.54, 1.807) is 25.3 Å². The van der Waals surface area contributed by atoms with Crippen LogP contribution in [0.4, 0.5) is 10.5 Å². The van der Waals surface area contributed by atoms with Gasteiger partial charge >= 0.3 is 6.03 Å². The van der Waals surface area contributed by atoms with Crippen molar-refractivity contribution in [2.45, 2.75) is 12.5 Å². The Labute approximate surface area is 151 Å². The average molecular weight is 363 g/mol. The quantitative estimate of drug-likeness (QED) is 0.873. The minimum atomic E-state index is -0.318. The number of methoxy groups -OCH3 is 2. The minimum absolute atomic E-state index is 0.131. The number of carbonyl (C=O) groups excluding carboxylic acids is 1. The molecule has 1 aliphatic rings. The molecule has 0 saturated heterocycles. The lowest BCUT2D eigenvalue weighted by Crippen LogP contribution is -2.44. The molecule has 2 amide bonds. The van der Waals surface area contributed by atoms with Gasteiger partial charge in [0.05, 0.1) is 25.3 Å². The molecule has 2 aromatic rings. The van der Waals surface area contributed by atoms with Gasteiger partial charge in [-0.3, -0.25) is 0 Å². The van der Waals surface area contributed by atoms with Crippen molar-refractivity contribution in [2.75, 3.05) is 26.1 Å². The van der Waals surface area contributed by atoms with E-state index in [9.17, 15) is 4.79 Å². The van der Waals surface area contributed by atoms with E-state index in [2.05, 4.69) is 10.6 Å². The molecule has 0 radical (unpaired) electrons. The van der Waals surface area contributed by atoms with E-state index in [0.717, 1.165) is 17.1 Å². The standard InChI is InChI=1S/C18H19ClN2O4/c1-23-14-4-6-16-11(8-14)7-13(10-25-16)21-18(22)20-12-3-5-17(24-2)15(19)9-12/h3-6,8-9,13H,7,10H2,1-2H3,(H2,20,21,22)/t13-/m0/s1. The highest BCUT2D eigenvalue weighted by Crippen LogP contribution is 2.29. The Balaban J connectivity index is 1.61. The van der Waals surface area contributed by atoms with Crippen molar-refractivity contribution >= 4 is 23.3 Å². The summed E-state index contributed by atoms with van der Waals surface area (Å²) in [4.78, 5) is 12.2. The fraction of sp³-hybridized carbons (Fsp3) is 0.278. The van der Waals surface area contributed by atoms with Crippen LogP contribution >= 0.6 is 11.6 Å². The molecule has 132 valence electrons. The number of halogens is 1. The molecule has 2 N–H and O–H groups in total. The van der Waals surface area contributed by atoms with Crippen molar-refractivity contribution in [2.24, 2.45) is 0 Å². The Kier molecular flexibility index (Phi) is 5.19. The van der Waals surface area contributed by atoms with Gasteiger partial charge < -0.3 is 24.8 Å². The van der Waals surface area contributed by atoms with Crippen molar-refractivity contribution in [1.82, 2.24) is 5.32 Å². The first-order valence-corrected chi connectivity index (χ1v) is 8.17. The number of hydrogen-bond donors (Lipinski definition) is 2. The van der Waals surface area contributed by atoms with Crippen molar-refractivity contribution in [3.8, 4) is 17.2 Å². The number of hydrogen-bond acceptors (Lipinski definition) is 4. The summed E-state index contributed by atoms with van der Waals surface area (Å²) in [7, 11) is 3.16. The number of amides is 2. The Hall–Kier alpha value is -2.60. The topological polar surface area (TPSA) is 68.8 Å². The second-order valence-corrected chi connectivity index (χ2v) is 6.04. The summed E-state index contributed by atoms with van der Waals surface area (Å²) in [6.07, 6.45) is 0.670. The van der Waals surface area contributed by atoms with Crippen LogP contribution in [0.25, 0.3) is 0 Å². The fourth-order valence-corrected chi connectivity index (χ4v) is 2.94. The number of fused-ring (bicyclic) bond motifs is 1. The highest BCUT2D eigenvalue weighted by atomic mass is 35.5. The van der Waals surface area contributed by atoms with Gasteiger partial charge in [0.1, 0.15) is 23.9 Å². The van der Waals surface area contributed by atoms with Gasteiger partial charge in [-0.05, 0) is 48.4 Å². The summed E-state index contributed by atoms with van der Waals surface area (Å²) < 4.78 is 16.0. The van der Waals surface area contributed by atoms with Crippen LogP contribution in [0.1, 0.15) is 5.56 Å². The lowest BCUT2D eigenvalue weighted by molar-refractivity contribution is 0.222. The van der Waals surface area contributed by atoms with Gasteiger partial charge in [0.2, 0.25) is 0 Å². The van der Waals surface area contributed by atoms with Gasteiger partial charge in [0.25, 0.3) is 0 Å². The molecule has 0 aliphatic carbocycles. The van der Waals surface area contributed by atoms with Gasteiger partial charge in [-0.15, -0.1) is 0 Å². The second kappa shape index (κ2) is 7.53. The Bertz CT molecular complexity index is 782. The number of nitrogens with one attached hydrogen (secondary N) is 2. The summed E-state index contributed by atoms with van der Waals surface area (Å²) in [5.74, 6) is 2.14. The van der Waals surface area contributed by atoms with Crippen LogP contribution in [0.5, 0.6) is 17.2 Å². The first-order chi connectivity index (χ1) is 12.1. The van der Waals surface area contributed by atoms with Crippen LogP contribution in [0, 0.1) is 0 Å². The zero-order chi connectivity index (χ0) is 17.8. The number of carbonyl (C=O) groups is 1. The zero-order valence-corrected chi connectivity index (χ0v) is 14.7. The number of urea groups is 1. The van der Waals surface area contributed by atoms with Crippen LogP contribution in [0.2, 0.25) is 5.02 Å². The summed E-state index contributed by atoms with van der Waals surface area (Å²) >= 11 is 6.06. The molecule has 1 heterocycles. The Morgan fingerprint density at radius 3 is 2.76 bits per heavy atom. The zero-order valence-electron chi connectivity index (χ0n) is 14.0. The van der Waals surface area contributed by atoms with E-state index in [0.29, 0.717) is 29.5 Å². The lowest BCUT2D eigenvalue weighted by atomic mass is 10.0. The number of anilines is 1. The molecule has 7 heteroatoms. The maximum absolute atomic E-state index is 12.2. The molecular weight excluding hydrogens is 344 g/mol. The normalized spacial score (nSPS) is 15.6. The molecule has 0 aromatic heterocycles. The van der Waals surface area contributed by atoms with Gasteiger partial charge in [-0.25, -0.2) is 4.79 Å². The van der Waals surface area contributed by atoms with Crippen molar-refractivity contribution in [1.29, 1.82) is 0 Å². The molecule has 0 fully saturated rings. The number of benzene rings is 2. The summed E-state index contributed by atoms with van der Waals surface area (Å²) in [5.41, 5.74) is 1.59. The third-order valence-electron chi connectivity index (χ3n) is 3.92. The predicted octanol–water partition coefficient (Wildman–Crippen LogP) is 3.48. The lowest BCUT2D eigenvalue weighted by Gasteiger charge is -2.26. The summed E-state index contributed by atoms with van der Waals surface area (Å²) in [6, 6.07) is 10.3. The van der Waals surface area contributed by atoms with E-state index in [1.165, 1.54) is 7.11 Å². The minimum Gasteiger partial charge on any atom is -0.497 e. The van der Waals surface area contributed by atoms with Gasteiger partial charge in [0.15, 0.2) is 0 Å². The molecule has 1 atom stereocenters. The monoisotopic (exact) mass is 362 g/mol. The molecule has 25 heavy (non-hydrogen) atoms. The highest BCUT2D eigenvalue weighted by molar-refractivity contribution is 6.32. The largest absolute Gasteiger partial charge is 0.497 e. The molecule has 1 aliphatic heterocycles. The molecular formula is C18H19ClN2O4. The molecule has 0 bridgehead atoms. The van der Waals surface area contributed by atoms with Crippen LogP contribution < -0.4 is 24.8 Å². The fourth-order valence-electron chi connectivity index (χ4n) is 2.69. The number of ether oxygens (including phenoxy) is 3. The third kappa shape index (κ3) is 4.09. The maximum Gasteiger partial charge on any atom is 0.319 e. The average Bonchev–Trinajstić information content (AvgIpc) is 2.61. The van der Waals surface area contributed by atoms with Gasteiger partial charge in [-0.2, -0.15) is 0 Å². The maximum atomic E-state index is 12.2. The van der Waals surface area contributed by atoms with Crippen LogP contribution in [0.3, 0.4) is 0 Å². The number of rotatable bonds is 4. The SMILES string of the molecule is COc1ccc2c(c1)C[C@H](NC(=O)Nc1ccc(OC)c(Cl)c1)CO2. The van der Waals surface area contributed by atoms with Crippen molar-refractivity contribution in [3.63, 3.8) is 0 Å². The van der Waals surface area contributed by atoms with Gasteiger partial charge in [0, 0.05) is 5.69 Å². The van der Waals surface area contributed by atoms with Crippen LogP contribution in [-0.4, -0.2) is 32.9 Å². The molecule has 0 spiro atoms. The summed E-state index contributed by atoms with van der Waals surface area (Å²) in [5, 5.41) is 6.09. The van der Waals surface area contributed by atoms with E-state index in [4.69, 9.17) is 25.8 Å². The molecule has 6 nitrogen and oxygen atoms in total. The molecule has 2 aromatic carbocycles. The predicted molar refractivity (Wildman–Crippen MR) is 96.1 cm³/mol. The van der Waals surface area contributed by atoms with E-state index in [-0.39, 0.29) is 12.1 Å². The van der Waals surface area contributed by atoms with Crippen molar-refractivity contribution < 1.29 is 19.0 Å². The highest BCUT2D eigenvalue weighted by Gasteiger charge is 2.22. The Morgan fingerprint density at radius 1 is 1.20 bits per heavy atom. The third-order valence-corrected chi connectivity index (χ3v) is 4.21. The molecule has 0 saturated carbocycles. The van der Waals surface area contributed by atoms with E-state index >= 15 is 0 Å². The van der Waals surface area contributed by atoms with Crippen molar-refractivity contribution in [3.05, 3.63) is 47.0 Å². The second-order valence-electron chi connectivity index (χ2n) is 5.63. The smallest absolute Gasteiger partial charge is 0.319 e. The van der Waals surface area contributed by atoms with Gasteiger partial charge in [-0.1, -0.05) is 11.6 Å².